The Morgan fingerprint density at radius 3 is 2.90 bits per heavy atom. The Morgan fingerprint density at radius 1 is 1.45 bits per heavy atom. The topological polar surface area (TPSA) is 75.4 Å². The lowest BCUT2D eigenvalue weighted by Crippen LogP contribution is -2.39. The van der Waals surface area contributed by atoms with E-state index in [9.17, 15) is 8.42 Å². The van der Waals surface area contributed by atoms with Crippen molar-refractivity contribution in [1.29, 1.82) is 0 Å². The van der Waals surface area contributed by atoms with Crippen LogP contribution in [0.15, 0.2) is 23.1 Å². The van der Waals surface area contributed by atoms with Crippen LogP contribution in [0.2, 0.25) is 0 Å². The highest BCUT2D eigenvalue weighted by Gasteiger charge is 2.22. The van der Waals surface area contributed by atoms with Gasteiger partial charge in [0.05, 0.1) is 4.90 Å². The molecule has 0 aromatic heterocycles. The summed E-state index contributed by atoms with van der Waals surface area (Å²) >= 11 is 0. The van der Waals surface area contributed by atoms with Crippen molar-refractivity contribution in [3.8, 4) is 0 Å². The minimum atomic E-state index is -3.48. The van der Waals surface area contributed by atoms with Crippen molar-refractivity contribution >= 4 is 15.7 Å². The molecular weight excluding hydrogens is 274 g/mol. The second-order valence-corrected chi connectivity index (χ2v) is 7.38. The predicted octanol–water partition coefficient (Wildman–Crippen LogP) is 1.20. The minimum Gasteiger partial charge on any atom is -0.399 e. The monoisotopic (exact) mass is 297 g/mol. The average molecular weight is 297 g/mol. The number of aryl methyl sites for hydroxylation is 1. The molecule has 1 saturated heterocycles. The first-order valence-electron chi connectivity index (χ1n) is 6.93. The third kappa shape index (κ3) is 3.71. The molecule has 1 atom stereocenters. The zero-order valence-corrected chi connectivity index (χ0v) is 12.9. The summed E-state index contributed by atoms with van der Waals surface area (Å²) in [5.41, 5.74) is 6.86. The summed E-state index contributed by atoms with van der Waals surface area (Å²) in [6.07, 6.45) is 2.20. The Bertz CT molecular complexity index is 572. The molecule has 0 bridgehead atoms. The van der Waals surface area contributed by atoms with Gasteiger partial charge in [0, 0.05) is 18.8 Å². The molecule has 6 heteroatoms. The lowest BCUT2D eigenvalue weighted by molar-refractivity contribution is 0.211. The zero-order valence-electron chi connectivity index (χ0n) is 12.1. The highest BCUT2D eigenvalue weighted by Crippen LogP contribution is 2.19. The molecule has 1 fully saturated rings. The van der Waals surface area contributed by atoms with E-state index in [1.807, 2.05) is 0 Å². The fourth-order valence-corrected chi connectivity index (χ4v) is 4.05. The van der Waals surface area contributed by atoms with E-state index >= 15 is 0 Å². The van der Waals surface area contributed by atoms with E-state index in [1.165, 1.54) is 6.07 Å². The Balaban J connectivity index is 2.05. The molecule has 2 rings (SSSR count). The molecule has 1 aromatic rings. The Kier molecular flexibility index (Phi) is 4.67. The maximum absolute atomic E-state index is 12.3. The number of anilines is 1. The summed E-state index contributed by atoms with van der Waals surface area (Å²) in [5, 5.41) is 0. The maximum Gasteiger partial charge on any atom is 0.240 e. The van der Waals surface area contributed by atoms with Crippen LogP contribution in [-0.2, 0) is 10.0 Å². The summed E-state index contributed by atoms with van der Waals surface area (Å²) in [4.78, 5) is 2.52. The number of sulfonamides is 1. The van der Waals surface area contributed by atoms with Crippen molar-refractivity contribution in [3.63, 3.8) is 0 Å². The molecule has 1 aliphatic rings. The van der Waals surface area contributed by atoms with E-state index in [4.69, 9.17) is 5.73 Å². The van der Waals surface area contributed by atoms with Crippen LogP contribution in [0.1, 0.15) is 18.4 Å². The third-order valence-electron chi connectivity index (χ3n) is 3.79. The standard InChI is InChI=1S/C14H23N3O2S/c1-11-5-6-13(15)8-14(11)20(18,19)16-9-12-4-3-7-17(2)10-12/h5-6,8,12,16H,3-4,7,9-10,15H2,1-2H3. The lowest BCUT2D eigenvalue weighted by Gasteiger charge is -2.29. The van der Waals surface area contributed by atoms with Gasteiger partial charge in [-0.15, -0.1) is 0 Å². The van der Waals surface area contributed by atoms with Crippen molar-refractivity contribution in [1.82, 2.24) is 9.62 Å². The SMILES string of the molecule is Cc1ccc(N)cc1S(=O)(=O)NCC1CCCN(C)C1. The van der Waals surface area contributed by atoms with Crippen molar-refractivity contribution in [2.75, 3.05) is 32.4 Å². The number of piperidine rings is 1. The highest BCUT2D eigenvalue weighted by atomic mass is 32.2. The van der Waals surface area contributed by atoms with E-state index in [-0.39, 0.29) is 4.90 Å². The quantitative estimate of drug-likeness (QED) is 0.819. The lowest BCUT2D eigenvalue weighted by atomic mass is 9.99. The van der Waals surface area contributed by atoms with Gasteiger partial charge in [0.15, 0.2) is 0 Å². The summed E-state index contributed by atoms with van der Waals surface area (Å²) in [6, 6.07) is 4.97. The van der Waals surface area contributed by atoms with Crippen LogP contribution >= 0.6 is 0 Å². The van der Waals surface area contributed by atoms with Gasteiger partial charge in [0.2, 0.25) is 10.0 Å². The molecule has 0 amide bonds. The molecule has 112 valence electrons. The Hall–Kier alpha value is -1.11. The van der Waals surface area contributed by atoms with E-state index < -0.39 is 10.0 Å². The second-order valence-electron chi connectivity index (χ2n) is 5.65. The van der Waals surface area contributed by atoms with Crippen LogP contribution in [0.25, 0.3) is 0 Å². The van der Waals surface area contributed by atoms with Crippen LogP contribution in [0.4, 0.5) is 5.69 Å². The van der Waals surface area contributed by atoms with Crippen LogP contribution in [0.3, 0.4) is 0 Å². The molecule has 0 aliphatic carbocycles. The first-order valence-corrected chi connectivity index (χ1v) is 8.41. The van der Waals surface area contributed by atoms with E-state index in [0.29, 0.717) is 23.7 Å². The zero-order chi connectivity index (χ0) is 14.8. The summed E-state index contributed by atoms with van der Waals surface area (Å²) < 4.78 is 27.4. The van der Waals surface area contributed by atoms with E-state index in [1.54, 1.807) is 19.1 Å². The molecule has 0 saturated carbocycles. The fraction of sp³-hybridized carbons (Fsp3) is 0.571. The van der Waals surface area contributed by atoms with Crippen LogP contribution in [0, 0.1) is 12.8 Å². The number of benzene rings is 1. The number of nitrogens with one attached hydrogen (secondary N) is 1. The number of hydrogen-bond acceptors (Lipinski definition) is 4. The van der Waals surface area contributed by atoms with Gasteiger partial charge in [-0.05, 0) is 57.0 Å². The Labute approximate surface area is 121 Å². The largest absolute Gasteiger partial charge is 0.399 e. The smallest absolute Gasteiger partial charge is 0.240 e. The van der Waals surface area contributed by atoms with Gasteiger partial charge >= 0.3 is 0 Å². The molecular formula is C14H23N3O2S. The van der Waals surface area contributed by atoms with Gasteiger partial charge < -0.3 is 10.6 Å². The average Bonchev–Trinajstić information content (AvgIpc) is 2.39. The molecule has 0 radical (unpaired) electrons. The van der Waals surface area contributed by atoms with Crippen LogP contribution in [-0.4, -0.2) is 40.0 Å². The molecule has 20 heavy (non-hydrogen) atoms. The van der Waals surface area contributed by atoms with Crippen molar-refractivity contribution in [2.24, 2.45) is 5.92 Å². The number of rotatable bonds is 4. The van der Waals surface area contributed by atoms with Gasteiger partial charge in [-0.3, -0.25) is 0 Å². The van der Waals surface area contributed by atoms with Gasteiger partial charge in [-0.1, -0.05) is 6.07 Å². The van der Waals surface area contributed by atoms with E-state index in [2.05, 4.69) is 16.7 Å². The summed E-state index contributed by atoms with van der Waals surface area (Å²) in [5.74, 6) is 0.380. The minimum absolute atomic E-state index is 0.279. The van der Waals surface area contributed by atoms with E-state index in [0.717, 1.165) is 25.9 Å². The number of likely N-dealkylation sites (tertiary alicyclic amines) is 1. The van der Waals surface area contributed by atoms with Crippen LogP contribution in [0.5, 0.6) is 0 Å². The maximum atomic E-state index is 12.3. The van der Waals surface area contributed by atoms with Crippen molar-refractivity contribution < 1.29 is 8.42 Å². The molecule has 5 nitrogen and oxygen atoms in total. The highest BCUT2D eigenvalue weighted by molar-refractivity contribution is 7.89. The molecule has 1 aromatic carbocycles. The second kappa shape index (κ2) is 6.11. The predicted molar refractivity (Wildman–Crippen MR) is 81.0 cm³/mol. The number of hydrogen-bond donors (Lipinski definition) is 2. The normalized spacial score (nSPS) is 21.0. The van der Waals surface area contributed by atoms with Crippen molar-refractivity contribution in [2.45, 2.75) is 24.7 Å². The molecule has 1 heterocycles. The number of nitrogens with two attached hydrogens (primary N) is 1. The van der Waals surface area contributed by atoms with Crippen LogP contribution < -0.4 is 10.5 Å². The van der Waals surface area contributed by atoms with Gasteiger partial charge in [-0.2, -0.15) is 0 Å². The summed E-state index contributed by atoms with van der Waals surface area (Å²) in [7, 11) is -1.41. The molecule has 1 unspecified atom stereocenters. The molecule has 1 aliphatic heterocycles. The third-order valence-corrected chi connectivity index (χ3v) is 5.35. The Morgan fingerprint density at radius 2 is 2.20 bits per heavy atom. The van der Waals surface area contributed by atoms with Crippen molar-refractivity contribution in [3.05, 3.63) is 23.8 Å². The van der Waals surface area contributed by atoms with Gasteiger partial charge in [-0.25, -0.2) is 13.1 Å². The fourth-order valence-electron chi connectivity index (χ4n) is 2.65. The molecule has 0 spiro atoms. The number of nitrogens with zero attached hydrogens (tertiary/aromatic N) is 1. The van der Waals surface area contributed by atoms with Gasteiger partial charge in [0.25, 0.3) is 0 Å². The molecule has 3 N–H and O–H groups in total. The van der Waals surface area contributed by atoms with Gasteiger partial charge in [0.1, 0.15) is 0 Å². The first kappa shape index (κ1) is 15.3. The summed E-state index contributed by atoms with van der Waals surface area (Å²) in [6.45, 7) is 4.30. The first-order chi connectivity index (χ1) is 9.38. The number of nitrogen functional groups attached to an aromatic ring is 1.